The van der Waals surface area contributed by atoms with Crippen LogP contribution in [0.15, 0.2) is 12.2 Å². The summed E-state index contributed by atoms with van der Waals surface area (Å²) in [6.45, 7) is 10.8. The Kier molecular flexibility index (Phi) is 6.66. The SMILES string of the molecule is C/C=C/CN1CC[C@@H](O)[C@]2(CCCN(C(=O)CCC(C)C)C2)C1. The van der Waals surface area contributed by atoms with E-state index in [0.717, 1.165) is 58.4 Å². The van der Waals surface area contributed by atoms with Crippen LogP contribution in [0.5, 0.6) is 0 Å². The molecule has 2 saturated heterocycles. The van der Waals surface area contributed by atoms with E-state index < -0.39 is 0 Å². The van der Waals surface area contributed by atoms with Crippen molar-refractivity contribution in [2.75, 3.05) is 32.7 Å². The van der Waals surface area contributed by atoms with Gasteiger partial charge in [-0.15, -0.1) is 0 Å². The lowest BCUT2D eigenvalue weighted by Crippen LogP contribution is -2.59. The van der Waals surface area contributed by atoms with Gasteiger partial charge >= 0.3 is 0 Å². The van der Waals surface area contributed by atoms with E-state index in [9.17, 15) is 9.90 Å². The molecule has 2 heterocycles. The molecule has 2 aliphatic rings. The van der Waals surface area contributed by atoms with Gasteiger partial charge in [-0.05, 0) is 38.5 Å². The average molecular weight is 322 g/mol. The van der Waals surface area contributed by atoms with Gasteiger partial charge in [0, 0.05) is 44.6 Å². The number of hydrogen-bond donors (Lipinski definition) is 1. The first-order valence-corrected chi connectivity index (χ1v) is 9.26. The molecular formula is C19H34N2O2. The number of carbonyl (C=O) groups is 1. The van der Waals surface area contributed by atoms with Crippen LogP contribution in [0.1, 0.15) is 52.9 Å². The van der Waals surface area contributed by atoms with E-state index in [1.807, 2.05) is 11.8 Å². The topological polar surface area (TPSA) is 43.8 Å². The van der Waals surface area contributed by atoms with Crippen molar-refractivity contribution in [2.24, 2.45) is 11.3 Å². The quantitative estimate of drug-likeness (QED) is 0.792. The van der Waals surface area contributed by atoms with Crippen molar-refractivity contribution in [2.45, 2.75) is 59.0 Å². The van der Waals surface area contributed by atoms with E-state index in [2.05, 4.69) is 30.9 Å². The van der Waals surface area contributed by atoms with Gasteiger partial charge in [0.1, 0.15) is 0 Å². The fourth-order valence-electron chi connectivity index (χ4n) is 4.00. The van der Waals surface area contributed by atoms with Gasteiger partial charge in [-0.1, -0.05) is 26.0 Å². The number of amides is 1. The van der Waals surface area contributed by atoms with Crippen LogP contribution in [0.25, 0.3) is 0 Å². The maximum atomic E-state index is 12.5. The molecule has 0 bridgehead atoms. The Balaban J connectivity index is 2.00. The smallest absolute Gasteiger partial charge is 0.222 e. The summed E-state index contributed by atoms with van der Waals surface area (Å²) in [6, 6.07) is 0. The summed E-state index contributed by atoms with van der Waals surface area (Å²) in [4.78, 5) is 17.0. The van der Waals surface area contributed by atoms with Gasteiger partial charge in [0.25, 0.3) is 0 Å². The van der Waals surface area contributed by atoms with Gasteiger partial charge in [0.05, 0.1) is 6.10 Å². The van der Waals surface area contributed by atoms with E-state index in [1.165, 1.54) is 0 Å². The predicted molar refractivity (Wildman–Crippen MR) is 94.2 cm³/mol. The number of aliphatic hydroxyl groups excluding tert-OH is 1. The van der Waals surface area contributed by atoms with E-state index in [-0.39, 0.29) is 17.4 Å². The van der Waals surface area contributed by atoms with Crippen molar-refractivity contribution in [1.29, 1.82) is 0 Å². The van der Waals surface area contributed by atoms with Gasteiger partial charge in [-0.25, -0.2) is 0 Å². The molecule has 2 aliphatic heterocycles. The van der Waals surface area contributed by atoms with Crippen LogP contribution in [0.4, 0.5) is 0 Å². The van der Waals surface area contributed by atoms with Gasteiger partial charge in [-0.3, -0.25) is 9.69 Å². The third-order valence-electron chi connectivity index (χ3n) is 5.46. The highest BCUT2D eigenvalue weighted by molar-refractivity contribution is 5.76. The summed E-state index contributed by atoms with van der Waals surface area (Å²) in [5.41, 5.74) is -0.119. The third-order valence-corrected chi connectivity index (χ3v) is 5.46. The Morgan fingerprint density at radius 1 is 1.35 bits per heavy atom. The lowest BCUT2D eigenvalue weighted by atomic mass is 9.71. The van der Waals surface area contributed by atoms with Crippen molar-refractivity contribution in [3.8, 4) is 0 Å². The van der Waals surface area contributed by atoms with Crippen LogP contribution in [0.2, 0.25) is 0 Å². The van der Waals surface area contributed by atoms with Gasteiger partial charge in [-0.2, -0.15) is 0 Å². The van der Waals surface area contributed by atoms with Gasteiger partial charge < -0.3 is 10.0 Å². The van der Waals surface area contributed by atoms with E-state index in [0.29, 0.717) is 12.3 Å². The maximum Gasteiger partial charge on any atom is 0.222 e. The molecule has 23 heavy (non-hydrogen) atoms. The second-order valence-electron chi connectivity index (χ2n) is 7.82. The summed E-state index contributed by atoms with van der Waals surface area (Å²) in [5, 5.41) is 10.7. The molecule has 1 spiro atoms. The summed E-state index contributed by atoms with van der Waals surface area (Å²) >= 11 is 0. The van der Waals surface area contributed by atoms with Crippen LogP contribution in [0.3, 0.4) is 0 Å². The average Bonchev–Trinajstić information content (AvgIpc) is 2.54. The Bertz CT molecular complexity index is 422. The standard InChI is InChI=1S/C19H34N2O2/c1-4-5-11-20-13-9-17(22)19(14-20)10-6-12-21(15-19)18(23)8-7-16(2)3/h4-5,16-17,22H,6-15H2,1-3H3/b5-4+/t17-,19-/m1/s1. The zero-order valence-electron chi connectivity index (χ0n) is 15.1. The molecule has 4 heteroatoms. The van der Waals surface area contributed by atoms with Gasteiger partial charge in [0.2, 0.25) is 5.91 Å². The molecule has 0 unspecified atom stereocenters. The molecule has 1 N–H and O–H groups in total. The maximum absolute atomic E-state index is 12.5. The first-order chi connectivity index (χ1) is 11.0. The minimum absolute atomic E-state index is 0.119. The molecular weight excluding hydrogens is 288 g/mol. The third kappa shape index (κ3) is 4.80. The molecule has 2 fully saturated rings. The second-order valence-corrected chi connectivity index (χ2v) is 7.82. The highest BCUT2D eigenvalue weighted by atomic mass is 16.3. The lowest BCUT2D eigenvalue weighted by Gasteiger charge is -2.51. The van der Waals surface area contributed by atoms with Crippen LogP contribution < -0.4 is 0 Å². The number of aliphatic hydroxyl groups is 1. The largest absolute Gasteiger partial charge is 0.392 e. The van der Waals surface area contributed by atoms with Crippen LogP contribution in [-0.4, -0.2) is 59.6 Å². The van der Waals surface area contributed by atoms with E-state index in [4.69, 9.17) is 0 Å². The predicted octanol–water partition coefficient (Wildman–Crippen LogP) is 2.67. The number of piperidine rings is 2. The Morgan fingerprint density at radius 2 is 2.13 bits per heavy atom. The molecule has 2 atom stereocenters. The van der Waals surface area contributed by atoms with Crippen LogP contribution in [-0.2, 0) is 4.79 Å². The summed E-state index contributed by atoms with van der Waals surface area (Å²) in [6.07, 6.45) is 8.47. The number of rotatable bonds is 5. The second kappa shape index (κ2) is 8.29. The first kappa shape index (κ1) is 18.5. The number of hydrogen-bond acceptors (Lipinski definition) is 3. The number of allylic oxidation sites excluding steroid dienone is 1. The van der Waals surface area contributed by atoms with E-state index in [1.54, 1.807) is 0 Å². The zero-order chi connectivity index (χ0) is 16.9. The Morgan fingerprint density at radius 3 is 2.83 bits per heavy atom. The molecule has 0 radical (unpaired) electrons. The van der Waals surface area contributed by atoms with E-state index >= 15 is 0 Å². The van der Waals surface area contributed by atoms with Crippen molar-refractivity contribution in [3.05, 3.63) is 12.2 Å². The summed E-state index contributed by atoms with van der Waals surface area (Å²) in [7, 11) is 0. The van der Waals surface area contributed by atoms with Crippen molar-refractivity contribution < 1.29 is 9.90 Å². The molecule has 4 nitrogen and oxygen atoms in total. The number of carbonyl (C=O) groups excluding carboxylic acids is 1. The van der Waals surface area contributed by atoms with Crippen LogP contribution in [0, 0.1) is 11.3 Å². The van der Waals surface area contributed by atoms with Crippen molar-refractivity contribution >= 4 is 5.91 Å². The fraction of sp³-hybridized carbons (Fsp3) is 0.842. The fourth-order valence-corrected chi connectivity index (χ4v) is 4.00. The summed E-state index contributed by atoms with van der Waals surface area (Å²) in [5.74, 6) is 0.838. The number of nitrogens with zero attached hydrogens (tertiary/aromatic N) is 2. The normalized spacial score (nSPS) is 29.8. The molecule has 2 rings (SSSR count). The van der Waals surface area contributed by atoms with Crippen molar-refractivity contribution in [3.63, 3.8) is 0 Å². The molecule has 0 aromatic rings. The lowest BCUT2D eigenvalue weighted by molar-refractivity contribution is -0.141. The minimum Gasteiger partial charge on any atom is -0.392 e. The molecule has 0 aromatic carbocycles. The van der Waals surface area contributed by atoms with Crippen LogP contribution >= 0.6 is 0 Å². The molecule has 1 amide bonds. The number of likely N-dealkylation sites (tertiary alicyclic amines) is 2. The minimum atomic E-state index is -0.273. The highest BCUT2D eigenvalue weighted by Gasteiger charge is 2.45. The van der Waals surface area contributed by atoms with Crippen molar-refractivity contribution in [1.82, 2.24) is 9.80 Å². The summed E-state index contributed by atoms with van der Waals surface area (Å²) < 4.78 is 0. The highest BCUT2D eigenvalue weighted by Crippen LogP contribution is 2.39. The first-order valence-electron chi connectivity index (χ1n) is 9.26. The molecule has 0 saturated carbocycles. The molecule has 0 aromatic heterocycles. The zero-order valence-corrected chi connectivity index (χ0v) is 15.1. The Labute approximate surface area is 141 Å². The molecule has 132 valence electrons. The van der Waals surface area contributed by atoms with Gasteiger partial charge in [0.15, 0.2) is 0 Å². The molecule has 0 aliphatic carbocycles. The Hall–Kier alpha value is -0.870. The monoisotopic (exact) mass is 322 g/mol.